The molecule has 0 unspecified atom stereocenters. The molecule has 0 fully saturated rings. The maximum Gasteiger partial charge on any atom is 0.332 e. The van der Waals surface area contributed by atoms with Crippen LogP contribution in [0.2, 0.25) is 0 Å². The van der Waals surface area contributed by atoms with Crippen LogP contribution in [0.25, 0.3) is 21.4 Å². The number of amides is 1. The van der Waals surface area contributed by atoms with Gasteiger partial charge in [-0.05, 0) is 29.8 Å². The Kier molecular flexibility index (Phi) is 5.28. The Morgan fingerprint density at radius 2 is 2.00 bits per heavy atom. The van der Waals surface area contributed by atoms with Gasteiger partial charge in [-0.1, -0.05) is 17.4 Å². The molecular weight excluding hydrogens is 461 g/mol. The Bertz CT molecular complexity index is 1670. The van der Waals surface area contributed by atoms with Gasteiger partial charge in [-0.15, -0.1) is 0 Å². The van der Waals surface area contributed by atoms with E-state index in [-0.39, 0.29) is 36.0 Å². The van der Waals surface area contributed by atoms with Crippen LogP contribution in [-0.2, 0) is 32.0 Å². The Labute approximate surface area is 195 Å². The second kappa shape index (κ2) is 8.30. The number of hydrogen-bond donors (Lipinski definition) is 0. The quantitative estimate of drug-likeness (QED) is 0.381. The van der Waals surface area contributed by atoms with Crippen molar-refractivity contribution in [3.63, 3.8) is 0 Å². The number of aryl methyl sites for hydroxylation is 1. The van der Waals surface area contributed by atoms with Crippen molar-refractivity contribution in [3.8, 4) is 0 Å². The third kappa shape index (κ3) is 3.67. The highest BCUT2D eigenvalue weighted by molar-refractivity contribution is 7.22. The van der Waals surface area contributed by atoms with E-state index < -0.39 is 11.2 Å². The molecular formula is C22H18FN7O3S. The van der Waals surface area contributed by atoms with Gasteiger partial charge in [0.15, 0.2) is 16.3 Å². The van der Waals surface area contributed by atoms with Crippen LogP contribution in [0.4, 0.5) is 9.52 Å². The molecule has 0 saturated carbocycles. The van der Waals surface area contributed by atoms with Gasteiger partial charge < -0.3 is 4.57 Å². The number of hydrogen-bond acceptors (Lipinski definition) is 7. The zero-order valence-corrected chi connectivity index (χ0v) is 19.0. The summed E-state index contributed by atoms with van der Waals surface area (Å²) in [6, 6.07) is 7.84. The molecule has 0 aliphatic rings. The highest BCUT2D eigenvalue weighted by atomic mass is 32.1. The molecule has 0 aliphatic carbocycles. The first-order valence-electron chi connectivity index (χ1n) is 10.2. The third-order valence-corrected chi connectivity index (χ3v) is 6.50. The summed E-state index contributed by atoms with van der Waals surface area (Å²) in [5, 5.41) is 0.388. The van der Waals surface area contributed by atoms with Crippen LogP contribution in [0, 0.1) is 5.82 Å². The molecule has 0 spiro atoms. The number of anilines is 1. The Balaban J connectivity index is 1.57. The summed E-state index contributed by atoms with van der Waals surface area (Å²) < 4.78 is 18.0. The summed E-state index contributed by atoms with van der Waals surface area (Å²) in [7, 11) is 2.89. The van der Waals surface area contributed by atoms with E-state index in [1.54, 1.807) is 24.5 Å². The molecule has 172 valence electrons. The minimum Gasteiger partial charge on any atom is -0.315 e. The smallest absolute Gasteiger partial charge is 0.315 e. The second-order valence-corrected chi connectivity index (χ2v) is 8.71. The lowest BCUT2D eigenvalue weighted by Gasteiger charge is -2.20. The van der Waals surface area contributed by atoms with E-state index in [0.717, 1.165) is 10.1 Å². The molecule has 0 radical (unpaired) electrons. The van der Waals surface area contributed by atoms with Gasteiger partial charge in [-0.25, -0.2) is 19.2 Å². The van der Waals surface area contributed by atoms with E-state index in [2.05, 4.69) is 15.0 Å². The molecule has 4 heterocycles. The molecule has 0 saturated heterocycles. The van der Waals surface area contributed by atoms with Crippen LogP contribution in [0.1, 0.15) is 5.56 Å². The molecule has 0 aliphatic heterocycles. The van der Waals surface area contributed by atoms with Gasteiger partial charge in [0.2, 0.25) is 5.91 Å². The first-order valence-corrected chi connectivity index (χ1v) is 11.0. The number of nitrogens with zero attached hydrogens (tertiary/aromatic N) is 7. The van der Waals surface area contributed by atoms with Crippen molar-refractivity contribution in [1.82, 2.24) is 28.7 Å². The average Bonchev–Trinajstić information content (AvgIpc) is 3.44. The van der Waals surface area contributed by atoms with E-state index in [9.17, 15) is 18.8 Å². The summed E-state index contributed by atoms with van der Waals surface area (Å²) in [4.78, 5) is 52.7. The lowest BCUT2D eigenvalue weighted by Crippen LogP contribution is -2.38. The molecule has 0 N–H and O–H groups in total. The topological polar surface area (TPSA) is 108 Å². The average molecular weight is 479 g/mol. The molecule has 34 heavy (non-hydrogen) atoms. The molecule has 0 bridgehead atoms. The summed E-state index contributed by atoms with van der Waals surface area (Å²) in [5.74, 6) is -0.752. The second-order valence-electron chi connectivity index (χ2n) is 7.70. The van der Waals surface area contributed by atoms with Crippen molar-refractivity contribution in [2.24, 2.45) is 14.1 Å². The zero-order valence-electron chi connectivity index (χ0n) is 18.2. The fourth-order valence-corrected chi connectivity index (χ4v) is 4.69. The number of carbonyl (C=O) groups excluding carboxylic acids is 1. The fourth-order valence-electron chi connectivity index (χ4n) is 3.69. The number of aromatic nitrogens is 6. The summed E-state index contributed by atoms with van der Waals surface area (Å²) in [6.45, 7) is -0.0351. The maximum atomic E-state index is 13.7. The zero-order chi connectivity index (χ0) is 24.0. The van der Waals surface area contributed by atoms with Crippen LogP contribution in [-0.4, -0.2) is 34.6 Å². The maximum absolute atomic E-state index is 13.7. The van der Waals surface area contributed by atoms with Gasteiger partial charge in [0, 0.05) is 26.5 Å². The van der Waals surface area contributed by atoms with Gasteiger partial charge in [-0.3, -0.25) is 28.6 Å². The van der Waals surface area contributed by atoms with E-state index in [1.807, 2.05) is 6.07 Å². The standard InChI is InChI=1S/C22H18FN7O3S/c1-27-19-18(20(32)28(2)22(27)33)29(12-25-19)11-17(31)30(10-13-4-3-7-24-9-13)21-26-15-6-5-14(23)8-16(15)34-21/h3-9,12H,10-11H2,1-2H3. The lowest BCUT2D eigenvalue weighted by molar-refractivity contribution is -0.119. The number of rotatable bonds is 5. The largest absolute Gasteiger partial charge is 0.332 e. The van der Waals surface area contributed by atoms with Crippen LogP contribution in [0.5, 0.6) is 0 Å². The van der Waals surface area contributed by atoms with Crippen LogP contribution in [0.15, 0.2) is 58.6 Å². The van der Waals surface area contributed by atoms with Crippen molar-refractivity contribution < 1.29 is 9.18 Å². The predicted octanol–water partition coefficient (Wildman–Crippen LogP) is 1.81. The number of benzene rings is 1. The van der Waals surface area contributed by atoms with Crippen molar-refractivity contribution in [3.05, 3.63) is 81.3 Å². The monoisotopic (exact) mass is 479 g/mol. The van der Waals surface area contributed by atoms with E-state index in [1.165, 1.54) is 57.9 Å². The summed E-state index contributed by atoms with van der Waals surface area (Å²) >= 11 is 1.19. The van der Waals surface area contributed by atoms with Gasteiger partial charge in [0.1, 0.15) is 12.4 Å². The molecule has 4 aromatic heterocycles. The van der Waals surface area contributed by atoms with E-state index >= 15 is 0 Å². The van der Waals surface area contributed by atoms with Crippen molar-refractivity contribution in [2.45, 2.75) is 13.1 Å². The summed E-state index contributed by atoms with van der Waals surface area (Å²) in [6.07, 6.45) is 4.64. The first-order chi connectivity index (χ1) is 16.3. The van der Waals surface area contributed by atoms with Gasteiger partial charge in [0.05, 0.1) is 23.1 Å². The molecule has 1 amide bonds. The van der Waals surface area contributed by atoms with Crippen molar-refractivity contribution >= 4 is 43.8 Å². The van der Waals surface area contributed by atoms with Crippen molar-refractivity contribution in [2.75, 3.05) is 4.90 Å². The Morgan fingerprint density at radius 1 is 1.18 bits per heavy atom. The predicted molar refractivity (Wildman–Crippen MR) is 125 cm³/mol. The number of carbonyl (C=O) groups is 1. The first kappa shape index (κ1) is 21.6. The Morgan fingerprint density at radius 3 is 2.76 bits per heavy atom. The molecule has 5 aromatic rings. The normalized spacial score (nSPS) is 11.4. The molecule has 1 aromatic carbocycles. The number of fused-ring (bicyclic) bond motifs is 2. The third-order valence-electron chi connectivity index (χ3n) is 5.46. The highest BCUT2D eigenvalue weighted by Crippen LogP contribution is 2.30. The molecule has 5 rings (SSSR count). The van der Waals surface area contributed by atoms with Crippen LogP contribution in [0.3, 0.4) is 0 Å². The Hall–Kier alpha value is -4.19. The molecule has 12 heteroatoms. The van der Waals surface area contributed by atoms with Gasteiger partial charge in [0.25, 0.3) is 5.56 Å². The number of halogens is 1. The molecule has 10 nitrogen and oxygen atoms in total. The van der Waals surface area contributed by atoms with Gasteiger partial charge >= 0.3 is 5.69 Å². The fraction of sp³-hybridized carbons (Fsp3) is 0.182. The number of pyridine rings is 1. The summed E-state index contributed by atoms with van der Waals surface area (Å²) in [5.41, 5.74) is 0.630. The lowest BCUT2D eigenvalue weighted by atomic mass is 10.2. The minimum absolute atomic E-state index is 0.144. The minimum atomic E-state index is -0.544. The van der Waals surface area contributed by atoms with Gasteiger partial charge in [-0.2, -0.15) is 0 Å². The van der Waals surface area contributed by atoms with Crippen molar-refractivity contribution in [1.29, 1.82) is 0 Å². The number of imidazole rings is 1. The van der Waals surface area contributed by atoms with Crippen LogP contribution < -0.4 is 16.1 Å². The van der Waals surface area contributed by atoms with E-state index in [0.29, 0.717) is 15.3 Å². The van der Waals surface area contributed by atoms with Crippen LogP contribution >= 0.6 is 11.3 Å². The van der Waals surface area contributed by atoms with E-state index in [4.69, 9.17) is 0 Å². The highest BCUT2D eigenvalue weighted by Gasteiger charge is 2.23. The SMILES string of the molecule is Cn1c(=O)c2c(ncn2CC(=O)N(Cc2cccnc2)c2nc3ccc(F)cc3s2)n(C)c1=O. The number of thiazole rings is 1. The molecule has 0 atom stereocenters.